The van der Waals surface area contributed by atoms with E-state index in [0.29, 0.717) is 0 Å². The Hall–Kier alpha value is -2.86. The lowest BCUT2D eigenvalue weighted by Gasteiger charge is -2.25. The number of benzene rings is 1. The van der Waals surface area contributed by atoms with Crippen LogP contribution in [0, 0.1) is 0 Å². The smallest absolute Gasteiger partial charge is 0.460 e. The maximum Gasteiger partial charge on any atom is 0.460 e. The van der Waals surface area contributed by atoms with Crippen LogP contribution in [0.1, 0.15) is 5.89 Å². The first-order chi connectivity index (χ1) is 11.9. The van der Waals surface area contributed by atoms with E-state index in [4.69, 9.17) is 10.5 Å². The topological polar surface area (TPSA) is 91.2 Å². The van der Waals surface area contributed by atoms with Crippen molar-refractivity contribution in [3.63, 3.8) is 0 Å². The molecule has 0 unspecified atom stereocenters. The first kappa shape index (κ1) is 19.5. The monoisotopic (exact) mass is 387 g/mol. The summed E-state index contributed by atoms with van der Waals surface area (Å²) >= 11 is 0. The molecule has 0 bridgehead atoms. The van der Waals surface area contributed by atoms with Crippen molar-refractivity contribution in [1.29, 1.82) is 0 Å². The normalized spacial score (nSPS) is 12.9. The largest absolute Gasteiger partial charge is 0.484 e. The Bertz CT molecular complexity index is 787. The Morgan fingerprint density at radius 3 is 2.15 bits per heavy atom. The van der Waals surface area contributed by atoms with E-state index in [-0.39, 0.29) is 11.3 Å². The van der Waals surface area contributed by atoms with E-state index in [9.17, 15) is 35.5 Å². The van der Waals surface area contributed by atoms with Crippen molar-refractivity contribution in [2.45, 2.75) is 18.0 Å². The Labute approximate surface area is 139 Å². The maximum absolute atomic E-state index is 13.5. The van der Waals surface area contributed by atoms with Gasteiger partial charge in [0.1, 0.15) is 5.75 Å². The number of alkyl halides is 7. The van der Waals surface area contributed by atoms with Crippen LogP contribution in [0.15, 0.2) is 28.8 Å². The Kier molecular flexibility index (Phi) is 4.84. The minimum absolute atomic E-state index is 0.0439. The van der Waals surface area contributed by atoms with E-state index in [1.54, 1.807) is 0 Å². The molecule has 0 saturated carbocycles. The number of hydrogen-bond donors (Lipinski definition) is 1. The standard InChI is InChI=1S/C13H8F7N3O3/c14-11(15,12(16,17)13(18,19)20)10-22-9(23-26-10)6-1-3-7(4-2-6)25-5-8(21)24/h1-4H,5H2,(H2,21,24). The van der Waals surface area contributed by atoms with Gasteiger partial charge < -0.3 is 15.0 Å². The second-order valence-corrected chi connectivity index (χ2v) is 4.85. The lowest BCUT2D eigenvalue weighted by atomic mass is 10.1. The van der Waals surface area contributed by atoms with E-state index >= 15 is 0 Å². The molecule has 2 N–H and O–H groups in total. The number of nitrogens with two attached hydrogens (primary N) is 1. The zero-order chi connectivity index (χ0) is 19.8. The molecule has 0 fully saturated rings. The number of carbonyl (C=O) groups excluding carboxylic acids is 1. The fourth-order valence-corrected chi connectivity index (χ4v) is 1.64. The van der Waals surface area contributed by atoms with Gasteiger partial charge in [-0.1, -0.05) is 5.16 Å². The molecule has 26 heavy (non-hydrogen) atoms. The first-order valence-corrected chi connectivity index (χ1v) is 6.54. The van der Waals surface area contributed by atoms with Gasteiger partial charge >= 0.3 is 23.9 Å². The van der Waals surface area contributed by atoms with Gasteiger partial charge in [-0.3, -0.25) is 4.79 Å². The SMILES string of the molecule is NC(=O)COc1ccc(-c2noc(C(F)(F)C(F)(F)C(F)(F)F)n2)cc1. The van der Waals surface area contributed by atoms with Gasteiger partial charge in [0.2, 0.25) is 5.82 Å². The van der Waals surface area contributed by atoms with Crippen LogP contribution in [0.5, 0.6) is 5.75 Å². The van der Waals surface area contributed by atoms with E-state index in [0.717, 1.165) is 0 Å². The number of halogens is 7. The molecule has 0 aliphatic rings. The quantitative estimate of drug-likeness (QED) is 0.770. The van der Waals surface area contributed by atoms with Crippen molar-refractivity contribution in [2.75, 3.05) is 6.61 Å². The molecule has 6 nitrogen and oxygen atoms in total. The van der Waals surface area contributed by atoms with Crippen molar-refractivity contribution < 1.29 is 44.8 Å². The molecule has 0 saturated heterocycles. The van der Waals surface area contributed by atoms with Crippen LogP contribution in [0.4, 0.5) is 30.7 Å². The predicted octanol–water partition coefficient (Wildman–Crippen LogP) is 2.89. The lowest BCUT2D eigenvalue weighted by Crippen LogP contribution is -2.50. The third-order valence-electron chi connectivity index (χ3n) is 2.94. The molecular formula is C13H8F7N3O3. The lowest BCUT2D eigenvalue weighted by molar-refractivity contribution is -0.364. The van der Waals surface area contributed by atoms with Crippen LogP contribution in [0.25, 0.3) is 11.4 Å². The summed E-state index contributed by atoms with van der Waals surface area (Å²) in [5, 5.41) is 2.97. The zero-order valence-electron chi connectivity index (χ0n) is 12.4. The highest BCUT2D eigenvalue weighted by atomic mass is 19.4. The zero-order valence-corrected chi connectivity index (χ0v) is 12.4. The van der Waals surface area contributed by atoms with Crippen molar-refractivity contribution >= 4 is 5.91 Å². The number of aromatic nitrogens is 2. The summed E-state index contributed by atoms with van der Waals surface area (Å²) in [4.78, 5) is 13.5. The molecule has 0 radical (unpaired) electrons. The van der Waals surface area contributed by atoms with Crippen LogP contribution in [0.3, 0.4) is 0 Å². The van der Waals surface area contributed by atoms with Crippen molar-refractivity contribution in [1.82, 2.24) is 10.1 Å². The summed E-state index contributed by atoms with van der Waals surface area (Å²) < 4.78 is 98.1. The fraction of sp³-hybridized carbons (Fsp3) is 0.308. The number of ether oxygens (including phenoxy) is 1. The third-order valence-corrected chi connectivity index (χ3v) is 2.94. The highest BCUT2D eigenvalue weighted by Crippen LogP contribution is 2.51. The van der Waals surface area contributed by atoms with Gasteiger partial charge in [-0.15, -0.1) is 0 Å². The van der Waals surface area contributed by atoms with Gasteiger partial charge in [-0.25, -0.2) is 0 Å². The second kappa shape index (κ2) is 6.46. The predicted molar refractivity (Wildman–Crippen MR) is 69.3 cm³/mol. The molecule has 0 aliphatic heterocycles. The maximum atomic E-state index is 13.5. The minimum Gasteiger partial charge on any atom is -0.484 e. The van der Waals surface area contributed by atoms with Crippen LogP contribution in [0.2, 0.25) is 0 Å². The summed E-state index contributed by atoms with van der Waals surface area (Å²) in [6, 6.07) is 4.81. The average Bonchev–Trinajstić information content (AvgIpc) is 3.02. The molecule has 142 valence electrons. The van der Waals surface area contributed by atoms with Crippen LogP contribution in [-0.2, 0) is 10.7 Å². The Morgan fingerprint density at radius 2 is 1.65 bits per heavy atom. The molecular weight excluding hydrogens is 379 g/mol. The second-order valence-electron chi connectivity index (χ2n) is 4.85. The molecule has 1 heterocycles. The molecule has 13 heteroatoms. The third kappa shape index (κ3) is 3.55. The van der Waals surface area contributed by atoms with E-state index in [2.05, 4.69) is 14.7 Å². The molecule has 2 rings (SSSR count). The van der Waals surface area contributed by atoms with Crippen LogP contribution >= 0.6 is 0 Å². The van der Waals surface area contributed by atoms with Crippen LogP contribution in [-0.4, -0.2) is 34.8 Å². The molecule has 0 aliphatic carbocycles. The first-order valence-electron chi connectivity index (χ1n) is 6.54. The van der Waals surface area contributed by atoms with Crippen LogP contribution < -0.4 is 10.5 Å². The summed E-state index contributed by atoms with van der Waals surface area (Å²) in [5.74, 6) is -15.6. The van der Waals surface area contributed by atoms with Gasteiger partial charge in [0, 0.05) is 5.56 Å². The number of nitrogens with zero attached hydrogens (tertiary/aromatic N) is 2. The summed E-state index contributed by atoms with van der Waals surface area (Å²) in [7, 11) is 0. The van der Waals surface area contributed by atoms with Crippen molar-refractivity contribution in [3.8, 4) is 17.1 Å². The summed E-state index contributed by atoms with van der Waals surface area (Å²) in [6.07, 6.45) is -6.52. The number of carbonyl (C=O) groups is 1. The van der Waals surface area contributed by atoms with E-state index < -0.39 is 42.3 Å². The fourth-order valence-electron chi connectivity index (χ4n) is 1.64. The number of primary amides is 1. The molecule has 0 spiro atoms. The van der Waals surface area contributed by atoms with Crippen molar-refractivity contribution in [3.05, 3.63) is 30.2 Å². The molecule has 2 aromatic rings. The summed E-state index contributed by atoms with van der Waals surface area (Å²) in [5.41, 5.74) is 4.82. The Morgan fingerprint density at radius 1 is 1.08 bits per heavy atom. The highest BCUT2D eigenvalue weighted by molar-refractivity contribution is 5.75. The number of hydrogen-bond acceptors (Lipinski definition) is 5. The van der Waals surface area contributed by atoms with Crippen molar-refractivity contribution in [2.24, 2.45) is 5.73 Å². The number of rotatable bonds is 6. The minimum atomic E-state index is -6.52. The highest BCUT2D eigenvalue weighted by Gasteiger charge is 2.76. The van der Waals surface area contributed by atoms with E-state index in [1.165, 1.54) is 24.3 Å². The van der Waals surface area contributed by atoms with Gasteiger partial charge in [0.05, 0.1) is 0 Å². The summed E-state index contributed by atoms with van der Waals surface area (Å²) in [6.45, 7) is -0.440. The van der Waals surface area contributed by atoms with Gasteiger partial charge in [-0.2, -0.15) is 35.7 Å². The Balaban J connectivity index is 2.25. The average molecular weight is 387 g/mol. The molecule has 0 atom stereocenters. The van der Waals surface area contributed by atoms with E-state index in [1.807, 2.05) is 0 Å². The molecule has 1 aromatic heterocycles. The molecule has 1 amide bonds. The number of amides is 1. The van der Waals surface area contributed by atoms with Gasteiger partial charge in [0.15, 0.2) is 6.61 Å². The van der Waals surface area contributed by atoms with Gasteiger partial charge in [0.25, 0.3) is 5.91 Å². The molecule has 1 aromatic carbocycles. The van der Waals surface area contributed by atoms with Gasteiger partial charge in [-0.05, 0) is 24.3 Å².